The Labute approximate surface area is 173 Å². The molecule has 7 nitrogen and oxygen atoms in total. The lowest BCUT2D eigenvalue weighted by Gasteiger charge is -2.23. The second-order valence-electron chi connectivity index (χ2n) is 7.08. The summed E-state index contributed by atoms with van der Waals surface area (Å²) in [5.74, 6) is 2.26. The predicted octanol–water partition coefficient (Wildman–Crippen LogP) is 2.34. The number of carbonyl (C=O) groups excluding carboxylic acids is 1. The summed E-state index contributed by atoms with van der Waals surface area (Å²) < 4.78 is 17.1. The molecule has 1 N–H and O–H groups in total. The van der Waals surface area contributed by atoms with Gasteiger partial charge in [-0.2, -0.15) is 4.98 Å². The smallest absolute Gasteiger partial charge is 0.232 e. The van der Waals surface area contributed by atoms with E-state index in [2.05, 4.69) is 13.8 Å². The van der Waals surface area contributed by atoms with Gasteiger partial charge in [0.1, 0.15) is 30.8 Å². The first-order chi connectivity index (χ1) is 14.1. The Kier molecular flexibility index (Phi) is 5.75. The molecule has 3 heterocycles. The molecule has 1 aliphatic rings. The molecule has 3 aromatic rings. The third kappa shape index (κ3) is 4.10. The minimum absolute atomic E-state index is 0.463. The van der Waals surface area contributed by atoms with Crippen molar-refractivity contribution < 1.29 is 23.9 Å². The van der Waals surface area contributed by atoms with E-state index in [-0.39, 0.29) is 0 Å². The van der Waals surface area contributed by atoms with Gasteiger partial charge in [0.25, 0.3) is 0 Å². The highest BCUT2D eigenvalue weighted by Crippen LogP contribution is 2.39. The summed E-state index contributed by atoms with van der Waals surface area (Å²) in [7, 11) is 1.57. The van der Waals surface area contributed by atoms with Gasteiger partial charge in [-0.15, -0.1) is 11.3 Å². The Balaban J connectivity index is 1.76. The van der Waals surface area contributed by atoms with Crippen LogP contribution in [0.15, 0.2) is 18.2 Å². The zero-order valence-corrected chi connectivity index (χ0v) is 17.6. The van der Waals surface area contributed by atoms with Crippen molar-refractivity contribution in [2.45, 2.75) is 20.4 Å². The summed E-state index contributed by atoms with van der Waals surface area (Å²) in [6.07, 6.45) is 0.787. The molecule has 1 aromatic carbocycles. The fraction of sp³-hybridized carbons (Fsp3) is 0.381. The second kappa shape index (κ2) is 8.44. The van der Waals surface area contributed by atoms with Gasteiger partial charge in [-0.1, -0.05) is 0 Å². The number of aromatic nitrogens is 2. The molecule has 0 bridgehead atoms. The lowest BCUT2D eigenvalue weighted by atomic mass is 10.2. The standard InChI is InChI=1S/C21H23N3O4S/c1-13-14(2)29-21-19(13)20(22-18(23-21)11-24-6-8-27-9-7-24)28-17-10-15(12-25)4-5-16(17)26-3/h4-5,10,12H,6-9,11H2,1-3H3/p+1. The molecular formula is C21H24N3O4S+. The molecule has 1 aliphatic heterocycles. The highest BCUT2D eigenvalue weighted by Gasteiger charge is 2.21. The van der Waals surface area contributed by atoms with Gasteiger partial charge in [0, 0.05) is 10.4 Å². The van der Waals surface area contributed by atoms with E-state index in [4.69, 9.17) is 24.2 Å². The molecule has 1 saturated heterocycles. The Morgan fingerprint density at radius 1 is 1.21 bits per heavy atom. The lowest BCUT2D eigenvalue weighted by Crippen LogP contribution is -3.12. The van der Waals surface area contributed by atoms with Crippen LogP contribution in [-0.4, -0.2) is 49.7 Å². The third-order valence-electron chi connectivity index (χ3n) is 5.18. The van der Waals surface area contributed by atoms with Crippen LogP contribution < -0.4 is 14.4 Å². The molecular weight excluding hydrogens is 390 g/mol. The molecule has 0 atom stereocenters. The van der Waals surface area contributed by atoms with Crippen LogP contribution in [0.25, 0.3) is 10.2 Å². The average Bonchev–Trinajstić information content (AvgIpc) is 3.02. The number of quaternary nitrogens is 1. The van der Waals surface area contributed by atoms with Crippen molar-refractivity contribution in [1.29, 1.82) is 0 Å². The molecule has 2 aromatic heterocycles. The minimum atomic E-state index is 0.463. The van der Waals surface area contributed by atoms with Gasteiger partial charge < -0.3 is 19.1 Å². The van der Waals surface area contributed by atoms with Crippen molar-refractivity contribution in [1.82, 2.24) is 9.97 Å². The van der Waals surface area contributed by atoms with Crippen molar-refractivity contribution in [3.63, 3.8) is 0 Å². The maximum Gasteiger partial charge on any atom is 0.232 e. The number of rotatable bonds is 6. The largest absolute Gasteiger partial charge is 0.493 e. The number of methoxy groups -OCH3 is 1. The van der Waals surface area contributed by atoms with E-state index in [9.17, 15) is 4.79 Å². The summed E-state index contributed by atoms with van der Waals surface area (Å²) >= 11 is 1.64. The predicted molar refractivity (Wildman–Crippen MR) is 111 cm³/mol. The summed E-state index contributed by atoms with van der Waals surface area (Å²) in [4.78, 5) is 24.3. The summed E-state index contributed by atoms with van der Waals surface area (Å²) in [6, 6.07) is 5.09. The highest BCUT2D eigenvalue weighted by molar-refractivity contribution is 7.18. The monoisotopic (exact) mass is 414 g/mol. The molecule has 0 aliphatic carbocycles. The number of aryl methyl sites for hydroxylation is 2. The van der Waals surface area contributed by atoms with Gasteiger partial charge in [0.05, 0.1) is 25.7 Å². The number of fused-ring (bicyclic) bond motifs is 1. The van der Waals surface area contributed by atoms with Gasteiger partial charge in [0.15, 0.2) is 17.3 Å². The van der Waals surface area contributed by atoms with E-state index in [1.807, 2.05) is 0 Å². The zero-order chi connectivity index (χ0) is 20.4. The second-order valence-corrected chi connectivity index (χ2v) is 8.28. The van der Waals surface area contributed by atoms with Crippen LogP contribution in [0.3, 0.4) is 0 Å². The number of ether oxygens (including phenoxy) is 3. The highest BCUT2D eigenvalue weighted by atomic mass is 32.1. The molecule has 0 saturated carbocycles. The SMILES string of the molecule is COc1ccc(C=O)cc1Oc1nc(C[NH+]2CCOCC2)nc2sc(C)c(C)c12. The number of morpholine rings is 1. The van der Waals surface area contributed by atoms with Crippen molar-refractivity contribution in [3.8, 4) is 17.4 Å². The fourth-order valence-electron chi connectivity index (χ4n) is 3.42. The molecule has 152 valence electrons. The number of hydrogen-bond acceptors (Lipinski definition) is 7. The van der Waals surface area contributed by atoms with Gasteiger partial charge in [-0.25, -0.2) is 4.98 Å². The van der Waals surface area contributed by atoms with E-state index in [1.165, 1.54) is 9.78 Å². The van der Waals surface area contributed by atoms with Crippen LogP contribution in [0.5, 0.6) is 17.4 Å². The minimum Gasteiger partial charge on any atom is -0.493 e. The van der Waals surface area contributed by atoms with Crippen molar-refractivity contribution in [3.05, 3.63) is 40.0 Å². The summed E-state index contributed by atoms with van der Waals surface area (Å²) in [6.45, 7) is 8.24. The van der Waals surface area contributed by atoms with Crippen molar-refractivity contribution in [2.75, 3.05) is 33.4 Å². The first-order valence-electron chi connectivity index (χ1n) is 9.58. The Morgan fingerprint density at radius 2 is 2.00 bits per heavy atom. The molecule has 4 rings (SSSR count). The topological polar surface area (TPSA) is 75.0 Å². The number of benzene rings is 1. The van der Waals surface area contributed by atoms with Crippen LogP contribution >= 0.6 is 11.3 Å². The van der Waals surface area contributed by atoms with Gasteiger partial charge in [0.2, 0.25) is 5.88 Å². The van der Waals surface area contributed by atoms with Gasteiger partial charge in [-0.05, 0) is 37.6 Å². The number of hydrogen-bond donors (Lipinski definition) is 1. The number of aldehydes is 1. The number of thiophene rings is 1. The fourth-order valence-corrected chi connectivity index (χ4v) is 4.46. The van der Waals surface area contributed by atoms with Crippen LogP contribution in [-0.2, 0) is 11.3 Å². The molecule has 1 fully saturated rings. The third-order valence-corrected chi connectivity index (χ3v) is 6.28. The molecule has 0 spiro atoms. The van der Waals surface area contributed by atoms with Gasteiger partial charge >= 0.3 is 0 Å². The van der Waals surface area contributed by atoms with E-state index < -0.39 is 0 Å². The number of nitrogens with zero attached hydrogens (tertiary/aromatic N) is 2. The number of nitrogens with one attached hydrogen (secondary N) is 1. The van der Waals surface area contributed by atoms with Crippen molar-refractivity contribution >= 4 is 27.8 Å². The van der Waals surface area contributed by atoms with Crippen LogP contribution in [0.4, 0.5) is 0 Å². The number of carbonyl (C=O) groups is 1. The maximum atomic E-state index is 11.2. The normalized spacial score (nSPS) is 14.9. The van der Waals surface area contributed by atoms with Crippen LogP contribution in [0.1, 0.15) is 26.6 Å². The van der Waals surface area contributed by atoms with Gasteiger partial charge in [-0.3, -0.25) is 4.79 Å². The molecule has 0 radical (unpaired) electrons. The van der Waals surface area contributed by atoms with E-state index in [0.717, 1.165) is 60.7 Å². The van der Waals surface area contributed by atoms with Crippen LogP contribution in [0.2, 0.25) is 0 Å². The Morgan fingerprint density at radius 3 is 2.72 bits per heavy atom. The lowest BCUT2D eigenvalue weighted by molar-refractivity contribution is -0.922. The average molecular weight is 415 g/mol. The first kappa shape index (κ1) is 19.8. The zero-order valence-electron chi connectivity index (χ0n) is 16.8. The molecule has 29 heavy (non-hydrogen) atoms. The van der Waals surface area contributed by atoms with E-state index in [1.54, 1.807) is 36.6 Å². The molecule has 0 amide bonds. The summed E-state index contributed by atoms with van der Waals surface area (Å²) in [5.41, 5.74) is 1.62. The quantitative estimate of drug-likeness (QED) is 0.624. The van der Waals surface area contributed by atoms with E-state index >= 15 is 0 Å². The van der Waals surface area contributed by atoms with E-state index in [0.29, 0.717) is 22.9 Å². The van der Waals surface area contributed by atoms with Crippen LogP contribution in [0, 0.1) is 13.8 Å². The molecule has 8 heteroatoms. The Hall–Kier alpha value is -2.55. The Bertz CT molecular complexity index is 1040. The summed E-state index contributed by atoms with van der Waals surface area (Å²) in [5, 5.41) is 0.909. The molecule has 0 unspecified atom stereocenters. The van der Waals surface area contributed by atoms with Crippen molar-refractivity contribution in [2.24, 2.45) is 0 Å². The maximum absolute atomic E-state index is 11.2. The first-order valence-corrected chi connectivity index (χ1v) is 10.4.